The van der Waals surface area contributed by atoms with Crippen molar-refractivity contribution < 1.29 is 23.4 Å². The minimum absolute atomic E-state index is 0.113. The average Bonchev–Trinajstić information content (AvgIpc) is 3.28. The van der Waals surface area contributed by atoms with Gasteiger partial charge >= 0.3 is 0 Å². The van der Waals surface area contributed by atoms with Crippen LogP contribution in [0.15, 0.2) is 28.9 Å². The zero-order valence-electron chi connectivity index (χ0n) is 15.2. The van der Waals surface area contributed by atoms with Crippen molar-refractivity contribution in [3.8, 4) is 17.2 Å². The van der Waals surface area contributed by atoms with Crippen molar-refractivity contribution in [2.75, 3.05) is 27.4 Å². The summed E-state index contributed by atoms with van der Waals surface area (Å²) in [6, 6.07) is 5.57. The van der Waals surface area contributed by atoms with E-state index in [2.05, 4.69) is 22.1 Å². The Bertz CT molecular complexity index is 759. The first-order valence-electron chi connectivity index (χ1n) is 8.48. The zero-order valence-corrected chi connectivity index (χ0v) is 15.2. The van der Waals surface area contributed by atoms with Crippen LogP contribution >= 0.6 is 0 Å². The first-order valence-corrected chi connectivity index (χ1v) is 8.48. The molecular weight excluding hydrogens is 338 g/mol. The van der Waals surface area contributed by atoms with Crippen molar-refractivity contribution in [2.24, 2.45) is 0 Å². The summed E-state index contributed by atoms with van der Waals surface area (Å²) in [5, 5.41) is 2.87. The summed E-state index contributed by atoms with van der Waals surface area (Å²) >= 11 is 0. The Morgan fingerprint density at radius 1 is 1.35 bits per heavy atom. The van der Waals surface area contributed by atoms with Gasteiger partial charge in [-0.15, -0.1) is 0 Å². The van der Waals surface area contributed by atoms with Crippen LogP contribution in [0, 0.1) is 0 Å². The fourth-order valence-corrected chi connectivity index (χ4v) is 2.59. The fraction of sp³-hybridized carbons (Fsp3) is 0.444. The number of aromatic nitrogens is 1. The first-order chi connectivity index (χ1) is 12.6. The standard InChI is InChI=1S/C18H23N3O5/c1-4-12(21(2)3)8-19-18(22)14-9-24-17(20-14)10-23-13-5-6-15-16(7-13)26-11-25-15/h5-7,9,12H,4,8,10-11H2,1-3H3,(H,19,22). The van der Waals surface area contributed by atoms with Gasteiger partial charge in [0.15, 0.2) is 23.8 Å². The minimum Gasteiger partial charge on any atom is -0.484 e. The molecule has 1 N–H and O–H groups in total. The number of likely N-dealkylation sites (N-methyl/N-ethyl adjacent to an activating group) is 1. The van der Waals surface area contributed by atoms with Crippen LogP contribution in [-0.4, -0.2) is 49.3 Å². The summed E-state index contributed by atoms with van der Waals surface area (Å²) in [5.41, 5.74) is 0.239. The molecule has 1 amide bonds. The summed E-state index contributed by atoms with van der Waals surface area (Å²) < 4.78 is 21.5. The quantitative estimate of drug-likeness (QED) is 0.770. The van der Waals surface area contributed by atoms with E-state index in [9.17, 15) is 4.79 Å². The lowest BCUT2D eigenvalue weighted by Crippen LogP contribution is -2.39. The van der Waals surface area contributed by atoms with Crippen LogP contribution in [-0.2, 0) is 6.61 Å². The summed E-state index contributed by atoms with van der Waals surface area (Å²) in [4.78, 5) is 18.4. The van der Waals surface area contributed by atoms with Gasteiger partial charge in [0.1, 0.15) is 12.0 Å². The highest BCUT2D eigenvalue weighted by Gasteiger charge is 2.17. The molecule has 0 spiro atoms. The molecular formula is C18H23N3O5. The topological polar surface area (TPSA) is 86.1 Å². The van der Waals surface area contributed by atoms with Crippen LogP contribution in [0.1, 0.15) is 29.7 Å². The number of oxazole rings is 1. The second kappa shape index (κ2) is 8.09. The van der Waals surface area contributed by atoms with Gasteiger partial charge in [0.25, 0.3) is 5.91 Å². The number of fused-ring (bicyclic) bond motifs is 1. The maximum atomic E-state index is 12.2. The van der Waals surface area contributed by atoms with Gasteiger partial charge in [0.2, 0.25) is 12.7 Å². The monoisotopic (exact) mass is 361 g/mol. The molecule has 1 aromatic heterocycles. The molecule has 0 fully saturated rings. The van der Waals surface area contributed by atoms with Crippen molar-refractivity contribution in [2.45, 2.75) is 26.0 Å². The number of carbonyl (C=O) groups excluding carboxylic acids is 1. The molecule has 8 nitrogen and oxygen atoms in total. The lowest BCUT2D eigenvalue weighted by atomic mass is 10.2. The van der Waals surface area contributed by atoms with Crippen LogP contribution in [0.4, 0.5) is 0 Å². The number of hydrogen-bond donors (Lipinski definition) is 1. The molecule has 1 aliphatic rings. The highest BCUT2D eigenvalue weighted by atomic mass is 16.7. The summed E-state index contributed by atoms with van der Waals surface area (Å²) in [5.74, 6) is 2.00. The third-order valence-corrected chi connectivity index (χ3v) is 4.19. The van der Waals surface area contributed by atoms with Gasteiger partial charge < -0.3 is 28.8 Å². The Labute approximate surface area is 152 Å². The molecule has 1 unspecified atom stereocenters. The smallest absolute Gasteiger partial charge is 0.273 e. The number of rotatable bonds is 8. The largest absolute Gasteiger partial charge is 0.484 e. The number of benzene rings is 1. The van der Waals surface area contributed by atoms with Crippen LogP contribution in [0.2, 0.25) is 0 Å². The zero-order chi connectivity index (χ0) is 18.5. The maximum Gasteiger partial charge on any atom is 0.273 e. The Balaban J connectivity index is 1.52. The van der Waals surface area contributed by atoms with E-state index in [1.807, 2.05) is 14.1 Å². The van der Waals surface area contributed by atoms with Gasteiger partial charge in [-0.05, 0) is 32.6 Å². The van der Waals surface area contributed by atoms with Crippen molar-refractivity contribution in [3.63, 3.8) is 0 Å². The van der Waals surface area contributed by atoms with E-state index in [-0.39, 0.29) is 31.0 Å². The third-order valence-electron chi connectivity index (χ3n) is 4.19. The number of nitrogens with zero attached hydrogens (tertiary/aromatic N) is 2. The number of nitrogens with one attached hydrogen (secondary N) is 1. The lowest BCUT2D eigenvalue weighted by molar-refractivity contribution is 0.0936. The molecule has 2 heterocycles. The molecule has 3 rings (SSSR count). The van der Waals surface area contributed by atoms with E-state index in [0.29, 0.717) is 29.7 Å². The number of amides is 1. The van der Waals surface area contributed by atoms with Crippen molar-refractivity contribution in [3.05, 3.63) is 36.0 Å². The SMILES string of the molecule is CCC(CNC(=O)c1coc(COc2ccc3c(c2)OCO3)n1)N(C)C. The van der Waals surface area contributed by atoms with Gasteiger partial charge in [-0.3, -0.25) is 4.79 Å². The molecule has 1 atom stereocenters. The fourth-order valence-electron chi connectivity index (χ4n) is 2.59. The van der Waals surface area contributed by atoms with Crippen molar-refractivity contribution in [1.29, 1.82) is 0 Å². The Kier molecular flexibility index (Phi) is 5.62. The van der Waals surface area contributed by atoms with Crippen molar-refractivity contribution >= 4 is 5.91 Å². The molecule has 1 aromatic carbocycles. The summed E-state index contributed by atoms with van der Waals surface area (Å²) in [6.07, 6.45) is 2.28. The highest BCUT2D eigenvalue weighted by Crippen LogP contribution is 2.35. The molecule has 0 saturated heterocycles. The van der Waals surface area contributed by atoms with Gasteiger partial charge in [-0.2, -0.15) is 0 Å². The molecule has 0 bridgehead atoms. The van der Waals surface area contributed by atoms with E-state index >= 15 is 0 Å². The maximum absolute atomic E-state index is 12.2. The minimum atomic E-state index is -0.261. The van der Waals surface area contributed by atoms with Crippen LogP contribution in [0.5, 0.6) is 17.2 Å². The van der Waals surface area contributed by atoms with E-state index in [1.54, 1.807) is 18.2 Å². The van der Waals surface area contributed by atoms with Gasteiger partial charge in [-0.1, -0.05) is 6.92 Å². The molecule has 1 aliphatic heterocycles. The van der Waals surface area contributed by atoms with E-state index in [4.69, 9.17) is 18.6 Å². The molecule has 2 aromatic rings. The normalized spacial score (nSPS) is 13.7. The van der Waals surface area contributed by atoms with Gasteiger partial charge in [0.05, 0.1) is 0 Å². The number of hydrogen-bond acceptors (Lipinski definition) is 7. The first kappa shape index (κ1) is 18.1. The van der Waals surface area contributed by atoms with Crippen LogP contribution < -0.4 is 19.5 Å². The van der Waals surface area contributed by atoms with Gasteiger partial charge in [0, 0.05) is 18.7 Å². The van der Waals surface area contributed by atoms with E-state index in [0.717, 1.165) is 6.42 Å². The second-order valence-electron chi connectivity index (χ2n) is 6.17. The number of carbonyl (C=O) groups is 1. The van der Waals surface area contributed by atoms with E-state index < -0.39 is 0 Å². The second-order valence-corrected chi connectivity index (χ2v) is 6.17. The molecule has 0 radical (unpaired) electrons. The Hall–Kier alpha value is -2.74. The predicted molar refractivity (Wildman–Crippen MR) is 93.5 cm³/mol. The predicted octanol–water partition coefficient (Wildman–Crippen LogP) is 2.05. The van der Waals surface area contributed by atoms with Gasteiger partial charge in [-0.25, -0.2) is 4.98 Å². The number of ether oxygens (including phenoxy) is 3. The lowest BCUT2D eigenvalue weighted by Gasteiger charge is -2.22. The van der Waals surface area contributed by atoms with E-state index in [1.165, 1.54) is 6.26 Å². The Morgan fingerprint density at radius 2 is 2.15 bits per heavy atom. The third kappa shape index (κ3) is 4.26. The summed E-state index contributed by atoms with van der Waals surface area (Å²) in [6.45, 7) is 2.96. The van der Waals surface area contributed by atoms with Crippen LogP contribution in [0.3, 0.4) is 0 Å². The average molecular weight is 361 g/mol. The molecule has 26 heavy (non-hydrogen) atoms. The van der Waals surface area contributed by atoms with Crippen molar-refractivity contribution in [1.82, 2.24) is 15.2 Å². The van der Waals surface area contributed by atoms with Crippen LogP contribution in [0.25, 0.3) is 0 Å². The molecule has 140 valence electrons. The summed E-state index contributed by atoms with van der Waals surface area (Å²) in [7, 11) is 3.98. The molecule has 0 saturated carbocycles. The highest BCUT2D eigenvalue weighted by molar-refractivity contribution is 5.91. The molecule has 0 aliphatic carbocycles. The Morgan fingerprint density at radius 3 is 2.92 bits per heavy atom. The molecule has 8 heteroatoms.